The van der Waals surface area contributed by atoms with Gasteiger partial charge < -0.3 is 15.4 Å². The zero-order valence-electron chi connectivity index (χ0n) is 18.0. The molecule has 2 rings (SSSR count). The monoisotopic (exact) mass is 537 g/mol. The van der Waals surface area contributed by atoms with Gasteiger partial charge >= 0.3 is 0 Å². The maximum atomic E-state index is 12.4. The van der Waals surface area contributed by atoms with Gasteiger partial charge in [-0.15, -0.1) is 24.0 Å². The van der Waals surface area contributed by atoms with Gasteiger partial charge in [0.1, 0.15) is 0 Å². The molecule has 0 saturated carbocycles. The van der Waals surface area contributed by atoms with Gasteiger partial charge in [-0.1, -0.05) is 44.2 Å². The summed E-state index contributed by atoms with van der Waals surface area (Å²) in [6.45, 7) is 6.43. The van der Waals surface area contributed by atoms with E-state index in [9.17, 15) is 8.42 Å². The second kappa shape index (κ2) is 11.5. The summed E-state index contributed by atoms with van der Waals surface area (Å²) in [5.41, 5.74) is 1.31. The lowest BCUT2D eigenvalue weighted by atomic mass is 9.76. The predicted molar refractivity (Wildman–Crippen MR) is 131 cm³/mol. The minimum atomic E-state index is -3.21. The Morgan fingerprint density at radius 3 is 2.21 bits per heavy atom. The van der Waals surface area contributed by atoms with Crippen LogP contribution in [0, 0.1) is 0 Å². The number of benzene rings is 1. The van der Waals surface area contributed by atoms with Crippen LogP contribution in [-0.2, 0) is 20.0 Å². The molecule has 166 valence electrons. The first kappa shape index (κ1) is 26.2. The van der Waals surface area contributed by atoms with Crippen LogP contribution >= 0.6 is 24.0 Å². The highest BCUT2D eigenvalue weighted by Gasteiger charge is 2.42. The summed E-state index contributed by atoms with van der Waals surface area (Å²) in [5.74, 6) is 0.636. The van der Waals surface area contributed by atoms with Crippen LogP contribution in [0.15, 0.2) is 35.3 Å². The molecule has 0 unspecified atom stereocenters. The maximum absolute atomic E-state index is 12.4. The average Bonchev–Trinajstić information content (AvgIpc) is 2.72. The van der Waals surface area contributed by atoms with Crippen molar-refractivity contribution in [3.05, 3.63) is 35.9 Å². The van der Waals surface area contributed by atoms with Gasteiger partial charge in [0.2, 0.25) is 0 Å². The van der Waals surface area contributed by atoms with Crippen LogP contribution in [0.2, 0.25) is 0 Å². The lowest BCUT2D eigenvalue weighted by Gasteiger charge is -2.36. The molecule has 0 aromatic heterocycles. The van der Waals surface area contributed by atoms with E-state index in [1.807, 2.05) is 6.07 Å². The Bertz CT molecular complexity index is 744. The van der Waals surface area contributed by atoms with Gasteiger partial charge in [0.05, 0.1) is 4.75 Å². The van der Waals surface area contributed by atoms with Gasteiger partial charge in [0.15, 0.2) is 15.8 Å². The van der Waals surface area contributed by atoms with Crippen LogP contribution in [0.5, 0.6) is 0 Å². The molecule has 0 spiro atoms. The van der Waals surface area contributed by atoms with Gasteiger partial charge in [-0.2, -0.15) is 0 Å². The number of sulfone groups is 1. The Balaban J connectivity index is 0.00000420. The van der Waals surface area contributed by atoms with Crippen molar-refractivity contribution in [2.45, 2.75) is 49.7 Å². The standard InChI is InChI=1S/C21H35N3O3S.HI/c1-5-20(6-2,18-10-8-7-9-11-18)16-23-19(22-3)24-17-21(28(4,25)26)12-14-27-15-13-21;/h7-11H,5-6,12-17H2,1-4H3,(H2,22,23,24);1H. The molecule has 0 atom stereocenters. The fraction of sp³-hybridized carbons (Fsp3) is 0.667. The molecule has 8 heteroatoms. The first-order valence-corrected chi connectivity index (χ1v) is 12.0. The van der Waals surface area contributed by atoms with E-state index in [1.54, 1.807) is 7.05 Å². The van der Waals surface area contributed by atoms with Crippen LogP contribution in [0.4, 0.5) is 0 Å². The van der Waals surface area contributed by atoms with Crippen molar-refractivity contribution in [1.29, 1.82) is 0 Å². The summed E-state index contributed by atoms with van der Waals surface area (Å²) in [6.07, 6.45) is 4.34. The molecule has 1 aliphatic heterocycles. The van der Waals surface area contributed by atoms with Crippen molar-refractivity contribution in [2.75, 3.05) is 39.6 Å². The van der Waals surface area contributed by atoms with Crippen LogP contribution < -0.4 is 10.6 Å². The summed E-state index contributed by atoms with van der Waals surface area (Å²) >= 11 is 0. The van der Waals surface area contributed by atoms with E-state index in [0.717, 1.165) is 19.4 Å². The fourth-order valence-electron chi connectivity index (χ4n) is 3.94. The molecule has 29 heavy (non-hydrogen) atoms. The number of hydrogen-bond donors (Lipinski definition) is 2. The Labute approximate surface area is 193 Å². The van der Waals surface area contributed by atoms with Gasteiger partial charge in [-0.25, -0.2) is 8.42 Å². The quantitative estimate of drug-likeness (QED) is 0.303. The summed E-state index contributed by atoms with van der Waals surface area (Å²) in [4.78, 5) is 4.32. The second-order valence-electron chi connectivity index (χ2n) is 7.70. The lowest BCUT2D eigenvalue weighted by Crippen LogP contribution is -2.54. The van der Waals surface area contributed by atoms with E-state index in [0.29, 0.717) is 38.6 Å². The zero-order chi connectivity index (χ0) is 20.7. The number of halogens is 1. The van der Waals surface area contributed by atoms with E-state index in [4.69, 9.17) is 4.74 Å². The number of hydrogen-bond acceptors (Lipinski definition) is 4. The van der Waals surface area contributed by atoms with Crippen molar-refractivity contribution in [2.24, 2.45) is 4.99 Å². The van der Waals surface area contributed by atoms with Crippen LogP contribution in [0.25, 0.3) is 0 Å². The van der Waals surface area contributed by atoms with Gasteiger partial charge in [0.25, 0.3) is 0 Å². The molecule has 0 radical (unpaired) electrons. The molecular formula is C21H36IN3O3S. The minimum absolute atomic E-state index is 0. The first-order valence-electron chi connectivity index (χ1n) is 10.1. The molecule has 2 N–H and O–H groups in total. The maximum Gasteiger partial charge on any atom is 0.191 e. The molecule has 0 bridgehead atoms. The highest BCUT2D eigenvalue weighted by atomic mass is 127. The van der Waals surface area contributed by atoms with E-state index >= 15 is 0 Å². The number of nitrogens with one attached hydrogen (secondary N) is 2. The fourth-order valence-corrected chi connectivity index (χ4v) is 5.19. The third-order valence-corrected chi connectivity index (χ3v) is 8.45. The van der Waals surface area contributed by atoms with Crippen LogP contribution in [0.1, 0.15) is 45.1 Å². The number of nitrogens with zero attached hydrogens (tertiary/aromatic N) is 1. The molecule has 1 fully saturated rings. The summed E-state index contributed by atoms with van der Waals surface area (Å²) in [6, 6.07) is 10.5. The summed E-state index contributed by atoms with van der Waals surface area (Å²) in [5, 5.41) is 6.69. The van der Waals surface area contributed by atoms with Crippen molar-refractivity contribution in [3.8, 4) is 0 Å². The number of ether oxygens (including phenoxy) is 1. The molecule has 1 aromatic carbocycles. The minimum Gasteiger partial charge on any atom is -0.381 e. The third-order valence-electron chi connectivity index (χ3n) is 6.33. The van der Waals surface area contributed by atoms with E-state index in [2.05, 4.69) is 53.7 Å². The number of aliphatic imine (C=N–C) groups is 1. The molecule has 1 saturated heterocycles. The number of rotatable bonds is 8. The number of guanidine groups is 1. The zero-order valence-corrected chi connectivity index (χ0v) is 21.2. The lowest BCUT2D eigenvalue weighted by molar-refractivity contribution is 0.0756. The molecule has 0 amide bonds. The van der Waals surface area contributed by atoms with Gasteiger partial charge in [-0.05, 0) is 31.2 Å². The Hall–Kier alpha value is -0.870. The van der Waals surface area contributed by atoms with E-state index in [1.165, 1.54) is 11.8 Å². The van der Waals surface area contributed by atoms with E-state index in [-0.39, 0.29) is 29.4 Å². The van der Waals surface area contributed by atoms with Crippen LogP contribution in [0.3, 0.4) is 0 Å². The van der Waals surface area contributed by atoms with Crippen LogP contribution in [-0.4, -0.2) is 58.7 Å². The van der Waals surface area contributed by atoms with E-state index < -0.39 is 14.6 Å². The largest absolute Gasteiger partial charge is 0.381 e. The van der Waals surface area contributed by atoms with Crippen molar-refractivity contribution < 1.29 is 13.2 Å². The average molecular weight is 538 g/mol. The molecule has 1 aliphatic rings. The third kappa shape index (κ3) is 6.30. The van der Waals surface area contributed by atoms with Gasteiger partial charge in [0, 0.05) is 45.0 Å². The second-order valence-corrected chi connectivity index (χ2v) is 10.1. The molecule has 0 aliphatic carbocycles. The van der Waals surface area contributed by atoms with Gasteiger partial charge in [-0.3, -0.25) is 4.99 Å². The van der Waals surface area contributed by atoms with Crippen molar-refractivity contribution in [1.82, 2.24) is 10.6 Å². The summed E-state index contributed by atoms with van der Waals surface area (Å²) < 4.78 is 29.5. The summed E-state index contributed by atoms with van der Waals surface area (Å²) in [7, 11) is -1.50. The SMILES string of the molecule is CCC(CC)(CNC(=NC)NCC1(S(C)(=O)=O)CCOCC1)c1ccccc1.I. The Morgan fingerprint density at radius 1 is 1.14 bits per heavy atom. The topological polar surface area (TPSA) is 79.8 Å². The highest BCUT2D eigenvalue weighted by molar-refractivity contribution is 14.0. The Morgan fingerprint density at radius 2 is 1.72 bits per heavy atom. The normalized spacial score (nSPS) is 17.3. The molecule has 1 aromatic rings. The van der Waals surface area contributed by atoms with Crippen molar-refractivity contribution >= 4 is 39.8 Å². The predicted octanol–water partition coefficient (Wildman–Crippen LogP) is 3.12. The molecule has 1 heterocycles. The first-order chi connectivity index (χ1) is 13.3. The highest BCUT2D eigenvalue weighted by Crippen LogP contribution is 2.31. The smallest absolute Gasteiger partial charge is 0.191 e. The van der Waals surface area contributed by atoms with Crippen molar-refractivity contribution in [3.63, 3.8) is 0 Å². The molecule has 6 nitrogen and oxygen atoms in total. The molecular weight excluding hydrogens is 501 g/mol. The Kier molecular flexibility index (Phi) is 10.4.